The van der Waals surface area contributed by atoms with E-state index in [1.165, 1.54) is 24.2 Å². The summed E-state index contributed by atoms with van der Waals surface area (Å²) in [6.07, 6.45) is 1.85. The molecule has 1 heterocycles. The van der Waals surface area contributed by atoms with Crippen LogP contribution in [0.25, 0.3) is 0 Å². The number of carbonyl (C=O) groups excluding carboxylic acids is 1. The van der Waals surface area contributed by atoms with Gasteiger partial charge in [0.1, 0.15) is 5.01 Å². The minimum absolute atomic E-state index is 0.0807. The number of nitrogens with zero attached hydrogens (tertiary/aromatic N) is 2. The van der Waals surface area contributed by atoms with Crippen molar-refractivity contribution in [3.05, 3.63) is 5.01 Å². The molecular weight excluding hydrogens is 238 g/mol. The van der Waals surface area contributed by atoms with Crippen molar-refractivity contribution < 1.29 is 9.90 Å². The van der Waals surface area contributed by atoms with Crippen molar-refractivity contribution in [2.75, 3.05) is 5.32 Å². The van der Waals surface area contributed by atoms with E-state index >= 15 is 0 Å². The summed E-state index contributed by atoms with van der Waals surface area (Å²) in [6, 6.07) is 0. The largest absolute Gasteiger partial charge is 0.392 e. The second-order valence-corrected chi connectivity index (χ2v) is 5.79. The number of aromatic nitrogens is 2. The van der Waals surface area contributed by atoms with Gasteiger partial charge in [-0.2, -0.15) is 0 Å². The van der Waals surface area contributed by atoms with Crippen molar-refractivity contribution in [1.82, 2.24) is 10.2 Å². The van der Waals surface area contributed by atoms with E-state index in [2.05, 4.69) is 15.5 Å². The maximum atomic E-state index is 11.6. The summed E-state index contributed by atoms with van der Waals surface area (Å²) in [6.45, 7) is 3.77. The molecule has 1 aliphatic rings. The minimum Gasteiger partial charge on any atom is -0.392 e. The van der Waals surface area contributed by atoms with E-state index in [1.807, 2.05) is 13.8 Å². The highest BCUT2D eigenvalue weighted by atomic mass is 32.1. The van der Waals surface area contributed by atoms with Gasteiger partial charge in [0.05, 0.1) is 12.5 Å². The van der Waals surface area contributed by atoms with Crippen LogP contribution >= 0.6 is 11.3 Å². The Balaban J connectivity index is 1.84. The Morgan fingerprint density at radius 1 is 1.53 bits per heavy atom. The first-order valence-corrected chi connectivity index (χ1v) is 6.69. The highest BCUT2D eigenvalue weighted by molar-refractivity contribution is 7.15. The molecule has 0 aromatic carbocycles. The molecule has 1 saturated carbocycles. The Kier molecular flexibility index (Phi) is 3.73. The van der Waals surface area contributed by atoms with Gasteiger partial charge in [-0.15, -0.1) is 10.2 Å². The van der Waals surface area contributed by atoms with Crippen molar-refractivity contribution in [3.8, 4) is 0 Å². The van der Waals surface area contributed by atoms with Crippen LogP contribution in [0.3, 0.4) is 0 Å². The first-order valence-electron chi connectivity index (χ1n) is 5.87. The van der Waals surface area contributed by atoms with E-state index in [9.17, 15) is 9.90 Å². The Morgan fingerprint density at radius 3 is 2.82 bits per heavy atom. The number of rotatable bonds is 5. The lowest BCUT2D eigenvalue weighted by Gasteiger charge is -2.12. The third-order valence-corrected chi connectivity index (χ3v) is 3.78. The zero-order valence-electron chi connectivity index (χ0n) is 10.0. The Bertz CT molecular complexity index is 401. The maximum Gasteiger partial charge on any atom is 0.228 e. The highest BCUT2D eigenvalue weighted by Crippen LogP contribution is 2.42. The van der Waals surface area contributed by atoms with E-state index < -0.39 is 6.10 Å². The second-order valence-electron chi connectivity index (χ2n) is 4.78. The van der Waals surface area contributed by atoms with Gasteiger partial charge in [-0.1, -0.05) is 25.2 Å². The van der Waals surface area contributed by atoms with Gasteiger partial charge in [-0.05, 0) is 18.8 Å². The van der Waals surface area contributed by atoms with Crippen LogP contribution in [0, 0.1) is 5.92 Å². The molecule has 1 atom stereocenters. The van der Waals surface area contributed by atoms with Gasteiger partial charge in [-0.25, -0.2) is 0 Å². The van der Waals surface area contributed by atoms with Gasteiger partial charge in [0, 0.05) is 5.92 Å². The van der Waals surface area contributed by atoms with Crippen molar-refractivity contribution in [2.24, 2.45) is 5.92 Å². The summed E-state index contributed by atoms with van der Waals surface area (Å²) in [5, 5.41) is 21.8. The molecule has 0 spiro atoms. The summed E-state index contributed by atoms with van der Waals surface area (Å²) in [4.78, 5) is 11.6. The number of aliphatic hydroxyl groups excluding tert-OH is 1. The fraction of sp³-hybridized carbons (Fsp3) is 0.727. The number of hydrogen-bond acceptors (Lipinski definition) is 5. The minimum atomic E-state index is -0.606. The number of amides is 1. The van der Waals surface area contributed by atoms with Crippen molar-refractivity contribution in [3.63, 3.8) is 0 Å². The molecule has 6 heteroatoms. The number of hydrogen-bond donors (Lipinski definition) is 2. The molecule has 2 rings (SSSR count). The summed E-state index contributed by atoms with van der Waals surface area (Å²) in [5.74, 6) is 0.432. The number of aliphatic hydroxyl groups is 1. The fourth-order valence-electron chi connectivity index (χ4n) is 1.38. The van der Waals surface area contributed by atoms with Gasteiger partial charge in [0.2, 0.25) is 11.0 Å². The summed E-state index contributed by atoms with van der Waals surface area (Å²) in [5.41, 5.74) is 0. The summed E-state index contributed by atoms with van der Waals surface area (Å²) >= 11 is 1.43. The third-order valence-electron chi connectivity index (χ3n) is 2.78. The first-order chi connectivity index (χ1) is 8.06. The normalized spacial score (nSPS) is 17.2. The molecule has 2 N–H and O–H groups in total. The zero-order chi connectivity index (χ0) is 12.4. The van der Waals surface area contributed by atoms with Gasteiger partial charge >= 0.3 is 0 Å². The lowest BCUT2D eigenvalue weighted by Crippen LogP contribution is -2.23. The molecule has 0 bridgehead atoms. The summed E-state index contributed by atoms with van der Waals surface area (Å²) in [7, 11) is 0. The Hall–Kier alpha value is -1.01. The topological polar surface area (TPSA) is 75.1 Å². The van der Waals surface area contributed by atoms with E-state index in [0.29, 0.717) is 11.0 Å². The molecule has 1 amide bonds. The molecule has 0 radical (unpaired) electrons. The Morgan fingerprint density at radius 2 is 2.24 bits per heavy atom. The van der Waals surface area contributed by atoms with Gasteiger partial charge in [0.25, 0.3) is 0 Å². The van der Waals surface area contributed by atoms with Crippen LogP contribution in [-0.4, -0.2) is 27.3 Å². The van der Waals surface area contributed by atoms with Crippen LogP contribution in [0.15, 0.2) is 0 Å². The molecule has 1 aromatic rings. The standard InChI is InChI=1S/C11H17N3O2S/c1-6(2)8(15)5-9(16)12-11-14-13-10(17-11)7-3-4-7/h6-8,15H,3-5H2,1-2H3,(H,12,14,16). The smallest absolute Gasteiger partial charge is 0.228 e. The van der Waals surface area contributed by atoms with Crippen LogP contribution in [0.4, 0.5) is 5.13 Å². The van der Waals surface area contributed by atoms with Crippen LogP contribution in [0.5, 0.6) is 0 Å². The number of nitrogens with one attached hydrogen (secondary N) is 1. The number of carbonyl (C=O) groups is 1. The van der Waals surface area contributed by atoms with E-state index in [-0.39, 0.29) is 18.2 Å². The van der Waals surface area contributed by atoms with Crippen molar-refractivity contribution >= 4 is 22.4 Å². The molecule has 1 fully saturated rings. The second kappa shape index (κ2) is 5.10. The van der Waals surface area contributed by atoms with Crippen LogP contribution < -0.4 is 5.32 Å². The van der Waals surface area contributed by atoms with Crippen molar-refractivity contribution in [2.45, 2.75) is 45.1 Å². The van der Waals surface area contributed by atoms with Gasteiger partial charge in [-0.3, -0.25) is 4.79 Å². The molecule has 0 aliphatic heterocycles. The molecule has 0 saturated heterocycles. The lowest BCUT2D eigenvalue weighted by molar-refractivity contribution is -0.118. The highest BCUT2D eigenvalue weighted by Gasteiger charge is 2.27. The quantitative estimate of drug-likeness (QED) is 0.840. The monoisotopic (exact) mass is 255 g/mol. The maximum absolute atomic E-state index is 11.6. The van der Waals surface area contributed by atoms with Gasteiger partial charge in [0.15, 0.2) is 0 Å². The molecule has 1 aliphatic carbocycles. The predicted molar refractivity (Wildman–Crippen MR) is 66.0 cm³/mol. The third kappa shape index (κ3) is 3.47. The lowest BCUT2D eigenvalue weighted by atomic mass is 10.0. The fourth-order valence-corrected chi connectivity index (χ4v) is 2.30. The average Bonchev–Trinajstić information content (AvgIpc) is 3.00. The molecule has 17 heavy (non-hydrogen) atoms. The molecule has 5 nitrogen and oxygen atoms in total. The molecule has 1 aromatic heterocycles. The van der Waals surface area contributed by atoms with Crippen LogP contribution in [0.2, 0.25) is 0 Å². The van der Waals surface area contributed by atoms with Crippen LogP contribution in [-0.2, 0) is 4.79 Å². The summed E-state index contributed by atoms with van der Waals surface area (Å²) < 4.78 is 0. The first kappa shape index (κ1) is 12.4. The van der Waals surface area contributed by atoms with Crippen LogP contribution in [0.1, 0.15) is 44.0 Å². The van der Waals surface area contributed by atoms with E-state index in [0.717, 1.165) is 5.01 Å². The van der Waals surface area contributed by atoms with Gasteiger partial charge < -0.3 is 10.4 Å². The number of anilines is 1. The molecule has 1 unspecified atom stereocenters. The molecular formula is C11H17N3O2S. The molecule has 94 valence electrons. The average molecular weight is 255 g/mol. The SMILES string of the molecule is CC(C)C(O)CC(=O)Nc1nnc(C2CC2)s1. The van der Waals surface area contributed by atoms with E-state index in [4.69, 9.17) is 0 Å². The zero-order valence-corrected chi connectivity index (χ0v) is 10.8. The Labute approximate surface area is 104 Å². The van der Waals surface area contributed by atoms with E-state index in [1.54, 1.807) is 0 Å². The van der Waals surface area contributed by atoms with Crippen molar-refractivity contribution in [1.29, 1.82) is 0 Å². The predicted octanol–water partition coefficient (Wildman–Crippen LogP) is 1.76.